The fourth-order valence-electron chi connectivity index (χ4n) is 5.67. The summed E-state index contributed by atoms with van der Waals surface area (Å²) < 4.78 is 27.9. The molecule has 0 bridgehead atoms. The Kier molecular flexibility index (Phi) is 6.63. The van der Waals surface area contributed by atoms with Crippen LogP contribution < -0.4 is 0 Å². The molecular formula is C27H42N2O2S2. The number of fused-ring (bicyclic) bond motifs is 1. The highest BCUT2D eigenvalue weighted by Crippen LogP contribution is 2.57. The standard InChI is InChI=1S/C27H42N2O2S2/c1-8-25(4,5)21-13-12-20(22(17-21)26(6,7)9-2)11-10-16-29-27(33(29,30)31)15-14-23-24(18-27)32-19(3)28-23/h12-13,17,23-24H,8-11,14-16,18H2,1-7H3. The second-order valence-corrected chi connectivity index (χ2v) is 15.2. The molecule has 1 spiro atoms. The molecule has 4 nitrogen and oxygen atoms in total. The Bertz CT molecular complexity index is 1040. The third-order valence-electron chi connectivity index (χ3n) is 8.84. The van der Waals surface area contributed by atoms with E-state index in [-0.39, 0.29) is 10.8 Å². The summed E-state index contributed by atoms with van der Waals surface area (Å²) in [4.78, 5) is 4.11. The van der Waals surface area contributed by atoms with Gasteiger partial charge in [-0.1, -0.05) is 59.7 Å². The summed E-state index contributed by atoms with van der Waals surface area (Å²) in [6.45, 7) is 16.5. The molecule has 0 radical (unpaired) electrons. The molecule has 2 fully saturated rings. The van der Waals surface area contributed by atoms with Crippen molar-refractivity contribution in [1.29, 1.82) is 0 Å². The monoisotopic (exact) mass is 490 g/mol. The molecule has 33 heavy (non-hydrogen) atoms. The summed E-state index contributed by atoms with van der Waals surface area (Å²) in [6, 6.07) is 7.36. The zero-order valence-electron chi connectivity index (χ0n) is 21.6. The van der Waals surface area contributed by atoms with Crippen molar-refractivity contribution < 1.29 is 8.42 Å². The molecule has 3 aliphatic rings. The van der Waals surface area contributed by atoms with Crippen LogP contribution in [0.1, 0.15) is 104 Å². The van der Waals surface area contributed by atoms with E-state index in [1.165, 1.54) is 16.7 Å². The fourth-order valence-corrected chi connectivity index (χ4v) is 9.45. The Hall–Kier alpha value is -0.850. The van der Waals surface area contributed by atoms with Gasteiger partial charge in [-0.15, -0.1) is 11.8 Å². The highest BCUT2D eigenvalue weighted by atomic mass is 32.2. The van der Waals surface area contributed by atoms with Crippen LogP contribution in [0, 0.1) is 0 Å². The molecule has 0 aromatic heterocycles. The van der Waals surface area contributed by atoms with Crippen molar-refractivity contribution in [3.8, 4) is 0 Å². The van der Waals surface area contributed by atoms with Gasteiger partial charge in [-0.25, -0.2) is 8.42 Å². The van der Waals surface area contributed by atoms with Crippen molar-refractivity contribution in [3.05, 3.63) is 34.9 Å². The van der Waals surface area contributed by atoms with Crippen LogP contribution in [0.5, 0.6) is 0 Å². The van der Waals surface area contributed by atoms with Gasteiger partial charge in [-0.3, -0.25) is 4.99 Å². The van der Waals surface area contributed by atoms with E-state index in [0.717, 1.165) is 50.0 Å². The Labute approximate surface area is 206 Å². The summed E-state index contributed by atoms with van der Waals surface area (Å²) in [5.74, 6) is 0. The van der Waals surface area contributed by atoms with Gasteiger partial charge < -0.3 is 0 Å². The lowest BCUT2D eigenvalue weighted by molar-refractivity contribution is 0.298. The number of sulfonamides is 1. The van der Waals surface area contributed by atoms with E-state index in [1.54, 1.807) is 11.8 Å². The van der Waals surface area contributed by atoms with Gasteiger partial charge >= 0.3 is 0 Å². The number of nitrogens with zero attached hydrogens (tertiary/aromatic N) is 2. The van der Waals surface area contributed by atoms with Crippen LogP contribution in [0.4, 0.5) is 0 Å². The van der Waals surface area contributed by atoms with Crippen molar-refractivity contribution in [2.24, 2.45) is 4.99 Å². The zero-order valence-corrected chi connectivity index (χ0v) is 23.2. The van der Waals surface area contributed by atoms with Gasteiger partial charge in [0.2, 0.25) is 10.0 Å². The van der Waals surface area contributed by atoms with Gasteiger partial charge in [0.05, 0.1) is 11.1 Å². The molecule has 0 N–H and O–H groups in total. The minimum Gasteiger partial charge on any atom is -0.279 e. The van der Waals surface area contributed by atoms with Crippen LogP contribution in [-0.4, -0.2) is 40.5 Å². The maximum atomic E-state index is 13.0. The van der Waals surface area contributed by atoms with Gasteiger partial charge in [-0.05, 0) is 79.4 Å². The first-order chi connectivity index (χ1) is 15.4. The van der Waals surface area contributed by atoms with Crippen LogP contribution in [-0.2, 0) is 27.3 Å². The highest BCUT2D eigenvalue weighted by Gasteiger charge is 2.71. The van der Waals surface area contributed by atoms with Crippen molar-refractivity contribution in [2.75, 3.05) is 6.54 Å². The number of aliphatic imine (C=N–C) groups is 1. The number of rotatable bonds is 8. The second kappa shape index (κ2) is 8.67. The first-order valence-electron chi connectivity index (χ1n) is 12.8. The molecule has 0 amide bonds. The predicted molar refractivity (Wildman–Crippen MR) is 142 cm³/mol. The first-order valence-corrected chi connectivity index (χ1v) is 15.1. The molecule has 1 saturated heterocycles. The molecule has 1 aromatic rings. The number of thioether (sulfide) groups is 1. The Morgan fingerprint density at radius 2 is 1.85 bits per heavy atom. The van der Waals surface area contributed by atoms with Gasteiger partial charge in [-0.2, -0.15) is 4.31 Å². The van der Waals surface area contributed by atoms with E-state index < -0.39 is 14.9 Å². The zero-order chi connectivity index (χ0) is 24.2. The average Bonchev–Trinajstić information content (AvgIpc) is 3.02. The van der Waals surface area contributed by atoms with Crippen molar-refractivity contribution in [3.63, 3.8) is 0 Å². The van der Waals surface area contributed by atoms with Crippen molar-refractivity contribution >= 4 is 26.8 Å². The Morgan fingerprint density at radius 1 is 1.15 bits per heavy atom. The topological polar surface area (TPSA) is 49.5 Å². The van der Waals surface area contributed by atoms with Gasteiger partial charge in [0, 0.05) is 11.8 Å². The molecule has 1 aromatic carbocycles. The maximum Gasteiger partial charge on any atom is 0.235 e. The molecule has 2 heterocycles. The van der Waals surface area contributed by atoms with E-state index in [9.17, 15) is 8.42 Å². The van der Waals surface area contributed by atoms with E-state index >= 15 is 0 Å². The summed E-state index contributed by atoms with van der Waals surface area (Å²) in [6.07, 6.45) is 6.37. The van der Waals surface area contributed by atoms with Crippen molar-refractivity contribution in [1.82, 2.24) is 4.31 Å². The molecule has 4 rings (SSSR count). The van der Waals surface area contributed by atoms with Crippen LogP contribution in [0.15, 0.2) is 23.2 Å². The Balaban J connectivity index is 1.47. The lowest BCUT2D eigenvalue weighted by Gasteiger charge is -2.31. The number of hydrogen-bond donors (Lipinski definition) is 0. The van der Waals surface area contributed by atoms with Crippen LogP contribution >= 0.6 is 11.8 Å². The summed E-state index contributed by atoms with van der Waals surface area (Å²) in [7, 11) is -3.13. The highest BCUT2D eigenvalue weighted by molar-refractivity contribution is 8.14. The largest absolute Gasteiger partial charge is 0.279 e. The second-order valence-electron chi connectivity index (χ2n) is 11.6. The molecule has 1 saturated carbocycles. The van der Waals surface area contributed by atoms with Gasteiger partial charge in [0.25, 0.3) is 0 Å². The lowest BCUT2D eigenvalue weighted by Crippen LogP contribution is -2.36. The quantitative estimate of drug-likeness (QED) is 0.395. The Morgan fingerprint density at radius 3 is 2.52 bits per heavy atom. The number of benzene rings is 1. The third-order valence-corrected chi connectivity index (χ3v) is 12.6. The predicted octanol–water partition coefficient (Wildman–Crippen LogP) is 6.42. The fraction of sp³-hybridized carbons (Fsp3) is 0.741. The number of aryl methyl sites for hydroxylation is 1. The summed E-state index contributed by atoms with van der Waals surface area (Å²) in [5, 5.41) is 1.46. The molecule has 184 valence electrons. The van der Waals surface area contributed by atoms with E-state index in [2.05, 4.69) is 66.7 Å². The van der Waals surface area contributed by atoms with Gasteiger partial charge in [0.1, 0.15) is 0 Å². The van der Waals surface area contributed by atoms with Crippen LogP contribution in [0.3, 0.4) is 0 Å². The molecule has 4 atom stereocenters. The minimum absolute atomic E-state index is 0.109. The van der Waals surface area contributed by atoms with E-state index in [1.807, 2.05) is 4.31 Å². The number of hydrogen-bond acceptors (Lipinski definition) is 4. The first kappa shape index (κ1) is 25.2. The minimum atomic E-state index is -3.13. The molecule has 2 aliphatic heterocycles. The third kappa shape index (κ3) is 4.33. The molecule has 6 heteroatoms. The van der Waals surface area contributed by atoms with Crippen LogP contribution in [0.2, 0.25) is 0 Å². The SMILES string of the molecule is CCC(C)(C)c1ccc(CCCN2C3(CCC4N=C(C)SC4C3)S2(=O)=O)c(C(C)(C)CC)c1. The van der Waals surface area contributed by atoms with Crippen LogP contribution in [0.25, 0.3) is 0 Å². The van der Waals surface area contributed by atoms with E-state index in [4.69, 9.17) is 4.99 Å². The molecule has 1 aliphatic carbocycles. The molecule has 4 unspecified atom stereocenters. The average molecular weight is 491 g/mol. The lowest BCUT2D eigenvalue weighted by atomic mass is 9.74. The summed E-state index contributed by atoms with van der Waals surface area (Å²) >= 11 is 1.79. The van der Waals surface area contributed by atoms with Gasteiger partial charge in [0.15, 0.2) is 4.87 Å². The summed E-state index contributed by atoms with van der Waals surface area (Å²) in [5.41, 5.74) is 4.49. The smallest absolute Gasteiger partial charge is 0.235 e. The molecular weight excluding hydrogens is 448 g/mol. The van der Waals surface area contributed by atoms with E-state index in [0.29, 0.717) is 17.8 Å². The normalized spacial score (nSPS) is 30.9. The maximum absolute atomic E-state index is 13.0. The van der Waals surface area contributed by atoms with Crippen molar-refractivity contribution in [2.45, 2.75) is 120 Å².